The Balaban J connectivity index is 1.98. The van der Waals surface area contributed by atoms with Crippen LogP contribution in [0.5, 0.6) is 5.75 Å². The number of hydrogen-bond acceptors (Lipinski definition) is 9. The largest absolute Gasteiger partial charge is 0.508 e. The smallest absolute Gasteiger partial charge is 0.382 e. The second-order valence-corrected chi connectivity index (χ2v) is 9.00. The Bertz CT molecular complexity index is 1340. The van der Waals surface area contributed by atoms with Gasteiger partial charge in [-0.05, 0) is 50.6 Å². The molecule has 0 spiro atoms. The van der Waals surface area contributed by atoms with E-state index in [2.05, 4.69) is 5.92 Å². The lowest BCUT2D eigenvalue weighted by molar-refractivity contribution is -0.153. The van der Waals surface area contributed by atoms with E-state index in [9.17, 15) is 39.6 Å². The molecule has 1 amide bonds. The van der Waals surface area contributed by atoms with Gasteiger partial charge in [-0.3, -0.25) is 19.3 Å². The van der Waals surface area contributed by atoms with E-state index in [1.807, 2.05) is 5.92 Å². The number of amides is 1. The number of benzene rings is 1. The van der Waals surface area contributed by atoms with Gasteiger partial charge in [-0.25, -0.2) is 4.79 Å². The van der Waals surface area contributed by atoms with Crippen LogP contribution >= 0.6 is 0 Å². The number of carboxylic acid groups (broad SMARTS) is 1. The van der Waals surface area contributed by atoms with Crippen LogP contribution in [-0.4, -0.2) is 79.6 Å². The topological polar surface area (TPSA) is 199 Å². The Morgan fingerprint density at radius 1 is 1.17 bits per heavy atom. The van der Waals surface area contributed by atoms with Crippen molar-refractivity contribution in [1.82, 2.24) is 4.90 Å². The number of aliphatic carboxylic acids is 1. The summed E-state index contributed by atoms with van der Waals surface area (Å²) < 4.78 is 0. The lowest BCUT2D eigenvalue weighted by Gasteiger charge is -2.50. The van der Waals surface area contributed by atoms with Crippen LogP contribution in [0.1, 0.15) is 23.1 Å². The number of carboxylic acids is 1. The van der Waals surface area contributed by atoms with Gasteiger partial charge in [0.15, 0.2) is 11.4 Å². The highest BCUT2D eigenvalue weighted by Crippen LogP contribution is 2.52. The third-order valence-corrected chi connectivity index (χ3v) is 6.91. The molecule has 11 heteroatoms. The van der Waals surface area contributed by atoms with Gasteiger partial charge in [0.05, 0.1) is 11.6 Å². The number of phenols is 1. The van der Waals surface area contributed by atoms with Crippen molar-refractivity contribution in [2.75, 3.05) is 14.1 Å². The number of primary amides is 1. The summed E-state index contributed by atoms with van der Waals surface area (Å²) in [5.74, 6) is -4.46. The Hall–Kier alpha value is -4.14. The number of carbonyl (C=O) groups is 4. The van der Waals surface area contributed by atoms with Crippen molar-refractivity contribution in [2.45, 2.75) is 24.5 Å². The van der Waals surface area contributed by atoms with E-state index >= 15 is 0 Å². The number of aliphatic hydroxyl groups is 3. The molecule has 1 saturated carbocycles. The maximum absolute atomic E-state index is 13.7. The molecule has 0 heterocycles. The number of carbonyl (C=O) groups excluding carboxylic acids is 3. The standard InChI is InChI=1S/C24H22N2O9/c1-26(2)18-12-8-10-7-11-9(4-6-14(28)29)3-5-13(27)16(11)19(30)15(10)21(32)24(12,35)22(33)17(20(18)31)23(25)34/h3,5,10,12,18,27,30,33,35H,7-8H2,1-2H3,(H2,25,34)(H,28,29)/t10?,12?,18-,24-/m0/s1. The molecule has 3 aliphatic carbocycles. The normalized spacial score (nSPS) is 27.6. The summed E-state index contributed by atoms with van der Waals surface area (Å²) in [6, 6.07) is 1.36. The van der Waals surface area contributed by atoms with Crippen molar-refractivity contribution in [2.24, 2.45) is 17.6 Å². The second-order valence-electron chi connectivity index (χ2n) is 9.00. The molecule has 0 aliphatic heterocycles. The van der Waals surface area contributed by atoms with Gasteiger partial charge < -0.3 is 31.3 Å². The minimum absolute atomic E-state index is 0.0204. The summed E-state index contributed by atoms with van der Waals surface area (Å²) in [5, 5.41) is 52.7. The van der Waals surface area contributed by atoms with E-state index in [1.165, 1.54) is 31.1 Å². The fourth-order valence-corrected chi connectivity index (χ4v) is 5.48. The van der Waals surface area contributed by atoms with Crippen molar-refractivity contribution >= 4 is 29.2 Å². The molecule has 1 aromatic rings. The van der Waals surface area contributed by atoms with Gasteiger partial charge in [0, 0.05) is 23.0 Å². The summed E-state index contributed by atoms with van der Waals surface area (Å²) in [6.07, 6.45) is -0.0558. The molecule has 182 valence electrons. The maximum Gasteiger partial charge on any atom is 0.382 e. The molecule has 2 unspecified atom stereocenters. The minimum atomic E-state index is -2.72. The molecule has 11 nitrogen and oxygen atoms in total. The van der Waals surface area contributed by atoms with E-state index in [4.69, 9.17) is 10.8 Å². The number of ketones is 2. The van der Waals surface area contributed by atoms with Gasteiger partial charge >= 0.3 is 5.97 Å². The van der Waals surface area contributed by atoms with Gasteiger partial charge in [-0.2, -0.15) is 0 Å². The number of Topliss-reactive ketones (excluding diaryl/α,β-unsaturated/α-hetero) is 2. The van der Waals surface area contributed by atoms with Crippen LogP contribution in [0.4, 0.5) is 0 Å². The predicted molar refractivity (Wildman–Crippen MR) is 119 cm³/mol. The zero-order valence-electron chi connectivity index (χ0n) is 18.7. The van der Waals surface area contributed by atoms with E-state index in [0.717, 1.165) is 0 Å². The number of rotatable bonds is 2. The number of likely N-dealkylation sites (N-methyl/N-ethyl adjacent to an activating group) is 1. The van der Waals surface area contributed by atoms with Gasteiger partial charge in [0.1, 0.15) is 22.8 Å². The number of aliphatic hydroxyl groups excluding tert-OH is 2. The molecule has 35 heavy (non-hydrogen) atoms. The molecular weight excluding hydrogens is 460 g/mol. The minimum Gasteiger partial charge on any atom is -0.508 e. The molecule has 4 rings (SSSR count). The van der Waals surface area contributed by atoms with E-state index in [-0.39, 0.29) is 29.5 Å². The highest BCUT2D eigenvalue weighted by molar-refractivity contribution is 6.24. The first-order valence-electron chi connectivity index (χ1n) is 10.6. The Morgan fingerprint density at radius 3 is 2.40 bits per heavy atom. The van der Waals surface area contributed by atoms with E-state index in [0.29, 0.717) is 5.56 Å². The molecular formula is C24H22N2O9. The quantitative estimate of drug-likeness (QED) is 0.234. The highest BCUT2D eigenvalue weighted by atomic mass is 16.4. The number of aromatic hydroxyl groups is 1. The fourth-order valence-electron chi connectivity index (χ4n) is 5.48. The number of hydrogen-bond donors (Lipinski definition) is 6. The first-order valence-corrected chi connectivity index (χ1v) is 10.6. The van der Waals surface area contributed by atoms with Crippen molar-refractivity contribution in [3.05, 3.63) is 45.7 Å². The van der Waals surface area contributed by atoms with Crippen LogP contribution in [0.15, 0.2) is 29.0 Å². The van der Waals surface area contributed by atoms with Gasteiger partial charge in [-0.15, -0.1) is 0 Å². The molecule has 0 aromatic heterocycles. The first-order chi connectivity index (χ1) is 16.3. The van der Waals surface area contributed by atoms with Crippen LogP contribution in [0.3, 0.4) is 0 Å². The summed E-state index contributed by atoms with van der Waals surface area (Å²) in [7, 11) is 3.01. The number of phenolic OH excluding ortho intramolecular Hbond substituents is 1. The van der Waals surface area contributed by atoms with Gasteiger partial charge in [-0.1, -0.05) is 5.92 Å². The Kier molecular flexibility index (Phi) is 5.47. The van der Waals surface area contributed by atoms with E-state index < -0.39 is 69.8 Å². The highest BCUT2D eigenvalue weighted by Gasteiger charge is 2.64. The molecule has 0 bridgehead atoms. The third-order valence-electron chi connectivity index (χ3n) is 6.91. The Morgan fingerprint density at radius 2 is 1.83 bits per heavy atom. The molecule has 7 N–H and O–H groups in total. The maximum atomic E-state index is 13.7. The second kappa shape index (κ2) is 7.97. The molecule has 4 atom stereocenters. The monoisotopic (exact) mass is 482 g/mol. The third kappa shape index (κ3) is 3.30. The molecule has 1 fully saturated rings. The first kappa shape index (κ1) is 24.0. The van der Waals surface area contributed by atoms with Crippen LogP contribution in [-0.2, 0) is 25.6 Å². The van der Waals surface area contributed by atoms with Crippen LogP contribution in [0, 0.1) is 23.7 Å². The average molecular weight is 482 g/mol. The van der Waals surface area contributed by atoms with E-state index in [1.54, 1.807) is 0 Å². The molecule has 0 saturated heterocycles. The fraction of sp³-hybridized carbons (Fsp3) is 0.333. The summed E-state index contributed by atoms with van der Waals surface area (Å²) in [5.41, 5.74) is 1.72. The summed E-state index contributed by atoms with van der Waals surface area (Å²) >= 11 is 0. The molecule has 1 aromatic carbocycles. The predicted octanol–water partition coefficient (Wildman–Crippen LogP) is -0.600. The average Bonchev–Trinajstić information content (AvgIpc) is 2.75. The summed E-state index contributed by atoms with van der Waals surface area (Å²) in [6.45, 7) is 0. The number of nitrogens with zero attached hydrogens (tertiary/aromatic N) is 1. The van der Waals surface area contributed by atoms with Crippen LogP contribution in [0.2, 0.25) is 0 Å². The Labute approximate surface area is 198 Å². The number of nitrogens with two attached hydrogens (primary N) is 1. The number of fused-ring (bicyclic) bond motifs is 3. The molecule has 0 radical (unpaired) electrons. The lowest BCUT2D eigenvalue weighted by atomic mass is 9.57. The van der Waals surface area contributed by atoms with Gasteiger partial charge in [0.25, 0.3) is 5.91 Å². The van der Waals surface area contributed by atoms with Crippen molar-refractivity contribution in [3.63, 3.8) is 0 Å². The SMILES string of the molecule is CN(C)[C@@H]1C(=O)C(C(N)=O)=C(O)[C@@]2(O)C(=O)C3=C(O)c4c(O)ccc(C#CC(=O)O)c4CC3CC12. The summed E-state index contributed by atoms with van der Waals surface area (Å²) in [4.78, 5) is 51.0. The molecule has 3 aliphatic rings. The lowest BCUT2D eigenvalue weighted by Crippen LogP contribution is -2.65. The van der Waals surface area contributed by atoms with Crippen molar-refractivity contribution in [3.8, 4) is 17.6 Å². The van der Waals surface area contributed by atoms with Crippen molar-refractivity contribution < 1.29 is 44.7 Å². The van der Waals surface area contributed by atoms with Gasteiger partial charge in [0.2, 0.25) is 5.78 Å². The zero-order chi connectivity index (χ0) is 26.0. The van der Waals surface area contributed by atoms with Crippen molar-refractivity contribution in [1.29, 1.82) is 0 Å². The van der Waals surface area contributed by atoms with Crippen LogP contribution in [0.25, 0.3) is 5.76 Å². The van der Waals surface area contributed by atoms with Crippen LogP contribution < -0.4 is 5.73 Å². The zero-order valence-corrected chi connectivity index (χ0v) is 18.7.